The van der Waals surface area contributed by atoms with E-state index in [2.05, 4.69) is 53.4 Å². The van der Waals surface area contributed by atoms with Crippen LogP contribution in [-0.4, -0.2) is 23.5 Å². The van der Waals surface area contributed by atoms with E-state index >= 15 is 0 Å². The molecule has 0 aromatic carbocycles. The molecule has 5 heteroatoms. The molecule has 1 N–H and O–H groups in total. The highest BCUT2D eigenvalue weighted by Crippen LogP contribution is 2.22. The quantitative estimate of drug-likeness (QED) is 0.848. The fraction of sp³-hybridized carbons (Fsp3) is 0.400. The summed E-state index contributed by atoms with van der Waals surface area (Å²) in [6.07, 6.45) is 0. The molecule has 0 unspecified atom stereocenters. The van der Waals surface area contributed by atoms with E-state index in [9.17, 15) is 0 Å². The fourth-order valence-electron chi connectivity index (χ4n) is 2.00. The van der Waals surface area contributed by atoms with Crippen LogP contribution in [0.2, 0.25) is 4.34 Å². The second-order valence-electron chi connectivity index (χ2n) is 4.78. The van der Waals surface area contributed by atoms with Gasteiger partial charge in [-0.15, -0.1) is 11.3 Å². The maximum atomic E-state index is 5.95. The number of nitrogens with one attached hydrogen (secondary N) is 1. The summed E-state index contributed by atoms with van der Waals surface area (Å²) in [6.45, 7) is 5.63. The minimum absolute atomic E-state index is 0.828. The summed E-state index contributed by atoms with van der Waals surface area (Å²) in [6, 6.07) is 10.2. The topological polar surface area (TPSA) is 28.2 Å². The summed E-state index contributed by atoms with van der Waals surface area (Å²) in [4.78, 5) is 8.20. The summed E-state index contributed by atoms with van der Waals surface area (Å²) in [5.74, 6) is 0. The van der Waals surface area contributed by atoms with Crippen LogP contribution in [0.15, 0.2) is 30.3 Å². The predicted octanol–water partition coefficient (Wildman–Crippen LogP) is 3.54. The summed E-state index contributed by atoms with van der Waals surface area (Å²) >= 11 is 7.59. The Labute approximate surface area is 129 Å². The summed E-state index contributed by atoms with van der Waals surface area (Å²) < 4.78 is 0.846. The number of hydrogen-bond acceptors (Lipinski definition) is 4. The molecule has 0 saturated heterocycles. The van der Waals surface area contributed by atoms with Crippen molar-refractivity contribution in [2.24, 2.45) is 0 Å². The minimum Gasteiger partial charge on any atom is -0.311 e. The zero-order chi connectivity index (χ0) is 14.4. The van der Waals surface area contributed by atoms with E-state index in [-0.39, 0.29) is 0 Å². The molecule has 0 fully saturated rings. The Balaban J connectivity index is 1.91. The van der Waals surface area contributed by atoms with Crippen molar-refractivity contribution in [1.29, 1.82) is 0 Å². The SMILES string of the molecule is CCNCc1cccc(CN(C)Cc2ccc(Cl)s2)n1. The molecule has 0 bridgehead atoms. The van der Waals surface area contributed by atoms with E-state index in [0.29, 0.717) is 0 Å². The molecule has 0 amide bonds. The molecule has 0 saturated carbocycles. The third kappa shape index (κ3) is 4.87. The molecule has 0 aliphatic carbocycles. The third-order valence-corrected chi connectivity index (χ3v) is 4.12. The van der Waals surface area contributed by atoms with Gasteiger partial charge in [-0.2, -0.15) is 0 Å². The van der Waals surface area contributed by atoms with Crippen LogP contribution in [0.1, 0.15) is 23.2 Å². The lowest BCUT2D eigenvalue weighted by Gasteiger charge is -2.15. The number of pyridine rings is 1. The summed E-state index contributed by atoms with van der Waals surface area (Å²) in [5, 5.41) is 3.30. The maximum absolute atomic E-state index is 5.95. The molecule has 2 aromatic heterocycles. The highest BCUT2D eigenvalue weighted by molar-refractivity contribution is 7.16. The number of halogens is 1. The molecular weight excluding hydrogens is 290 g/mol. The number of nitrogens with zero attached hydrogens (tertiary/aromatic N) is 2. The Morgan fingerprint density at radius 1 is 1.20 bits per heavy atom. The number of hydrogen-bond donors (Lipinski definition) is 1. The van der Waals surface area contributed by atoms with Gasteiger partial charge >= 0.3 is 0 Å². The highest BCUT2D eigenvalue weighted by atomic mass is 35.5. The average Bonchev–Trinajstić information content (AvgIpc) is 2.82. The molecule has 2 rings (SSSR count). The lowest BCUT2D eigenvalue weighted by molar-refractivity contribution is 0.317. The van der Waals surface area contributed by atoms with Crippen LogP contribution < -0.4 is 5.32 Å². The van der Waals surface area contributed by atoms with E-state index in [0.717, 1.165) is 41.9 Å². The summed E-state index contributed by atoms with van der Waals surface area (Å²) in [5.41, 5.74) is 2.20. The first-order valence-electron chi connectivity index (χ1n) is 6.75. The van der Waals surface area contributed by atoms with E-state index in [1.165, 1.54) is 4.88 Å². The van der Waals surface area contributed by atoms with Crippen molar-refractivity contribution >= 4 is 22.9 Å². The van der Waals surface area contributed by atoms with Crippen LogP contribution in [0.5, 0.6) is 0 Å². The molecule has 2 heterocycles. The van der Waals surface area contributed by atoms with Crippen LogP contribution in [0.3, 0.4) is 0 Å². The van der Waals surface area contributed by atoms with Gasteiger partial charge in [0.2, 0.25) is 0 Å². The van der Waals surface area contributed by atoms with E-state index in [1.807, 2.05) is 6.07 Å². The largest absolute Gasteiger partial charge is 0.311 e. The van der Waals surface area contributed by atoms with Gasteiger partial charge in [-0.1, -0.05) is 24.6 Å². The molecule has 0 atom stereocenters. The Morgan fingerprint density at radius 2 is 2.00 bits per heavy atom. The van der Waals surface area contributed by atoms with Crippen molar-refractivity contribution in [1.82, 2.24) is 15.2 Å². The van der Waals surface area contributed by atoms with Crippen molar-refractivity contribution in [3.05, 3.63) is 50.9 Å². The molecular formula is C15H20ClN3S. The van der Waals surface area contributed by atoms with Gasteiger partial charge < -0.3 is 5.32 Å². The minimum atomic E-state index is 0.828. The number of thiophene rings is 1. The zero-order valence-corrected chi connectivity index (χ0v) is 13.5. The first kappa shape index (κ1) is 15.4. The second kappa shape index (κ2) is 7.74. The Kier molecular flexibility index (Phi) is 5.98. The molecule has 2 aromatic rings. The van der Waals surface area contributed by atoms with Crippen LogP contribution in [0.25, 0.3) is 0 Å². The van der Waals surface area contributed by atoms with Crippen LogP contribution in [0.4, 0.5) is 0 Å². The van der Waals surface area contributed by atoms with Crippen LogP contribution in [0, 0.1) is 0 Å². The van der Waals surface area contributed by atoms with Gasteiger partial charge in [0.05, 0.1) is 15.7 Å². The smallest absolute Gasteiger partial charge is 0.0931 e. The Morgan fingerprint density at radius 3 is 2.70 bits per heavy atom. The van der Waals surface area contributed by atoms with Crippen molar-refractivity contribution < 1.29 is 0 Å². The van der Waals surface area contributed by atoms with Gasteiger partial charge in [-0.25, -0.2) is 0 Å². The van der Waals surface area contributed by atoms with Gasteiger partial charge in [0.25, 0.3) is 0 Å². The summed E-state index contributed by atoms with van der Waals surface area (Å²) in [7, 11) is 2.10. The predicted molar refractivity (Wildman–Crippen MR) is 86.1 cm³/mol. The highest BCUT2D eigenvalue weighted by Gasteiger charge is 2.05. The van der Waals surface area contributed by atoms with E-state index in [1.54, 1.807) is 11.3 Å². The van der Waals surface area contributed by atoms with Crippen molar-refractivity contribution in [3.63, 3.8) is 0 Å². The van der Waals surface area contributed by atoms with E-state index in [4.69, 9.17) is 11.6 Å². The number of rotatable bonds is 7. The fourth-order valence-corrected chi connectivity index (χ4v) is 3.17. The van der Waals surface area contributed by atoms with E-state index < -0.39 is 0 Å². The average molecular weight is 310 g/mol. The van der Waals surface area contributed by atoms with Gasteiger partial charge in [0.15, 0.2) is 0 Å². The van der Waals surface area contributed by atoms with Gasteiger partial charge in [0.1, 0.15) is 0 Å². The first-order valence-corrected chi connectivity index (χ1v) is 7.95. The molecule has 3 nitrogen and oxygen atoms in total. The normalized spacial score (nSPS) is 11.2. The van der Waals surface area contributed by atoms with Crippen LogP contribution in [-0.2, 0) is 19.6 Å². The standard InChI is InChI=1S/C15H20ClN3S/c1-3-17-9-12-5-4-6-13(18-12)10-19(2)11-14-7-8-15(16)20-14/h4-8,17H,3,9-11H2,1-2H3. The Hall–Kier alpha value is -0.940. The Bertz CT molecular complexity index is 541. The molecule has 20 heavy (non-hydrogen) atoms. The first-order chi connectivity index (χ1) is 9.67. The van der Waals surface area contributed by atoms with Gasteiger partial charge in [-0.3, -0.25) is 9.88 Å². The molecule has 0 aliphatic rings. The maximum Gasteiger partial charge on any atom is 0.0931 e. The van der Waals surface area contributed by atoms with Crippen molar-refractivity contribution in [2.45, 2.75) is 26.6 Å². The molecule has 0 aliphatic heterocycles. The molecule has 0 radical (unpaired) electrons. The monoisotopic (exact) mass is 309 g/mol. The molecule has 0 spiro atoms. The van der Waals surface area contributed by atoms with Crippen molar-refractivity contribution in [3.8, 4) is 0 Å². The van der Waals surface area contributed by atoms with Gasteiger partial charge in [-0.05, 0) is 37.9 Å². The van der Waals surface area contributed by atoms with Crippen molar-refractivity contribution in [2.75, 3.05) is 13.6 Å². The lowest BCUT2D eigenvalue weighted by atomic mass is 10.3. The second-order valence-corrected chi connectivity index (χ2v) is 6.58. The van der Waals surface area contributed by atoms with Crippen LogP contribution >= 0.6 is 22.9 Å². The zero-order valence-electron chi connectivity index (χ0n) is 11.9. The lowest BCUT2D eigenvalue weighted by Crippen LogP contribution is -2.18. The third-order valence-electron chi connectivity index (χ3n) is 2.91. The number of aromatic nitrogens is 1. The van der Waals surface area contributed by atoms with Gasteiger partial charge in [0, 0.05) is 24.5 Å². The molecule has 108 valence electrons.